The molecule has 1 heterocycles. The van der Waals surface area contributed by atoms with E-state index in [-0.39, 0.29) is 17.3 Å². The first-order valence-electron chi connectivity index (χ1n) is 4.63. The van der Waals surface area contributed by atoms with Crippen LogP contribution >= 0.6 is 11.8 Å². The molecule has 15 heavy (non-hydrogen) atoms. The van der Waals surface area contributed by atoms with Crippen molar-refractivity contribution in [3.05, 3.63) is 0 Å². The van der Waals surface area contributed by atoms with Crippen molar-refractivity contribution in [3.63, 3.8) is 0 Å². The maximum Gasteiger partial charge on any atom is 0.392 e. The van der Waals surface area contributed by atoms with Gasteiger partial charge in [-0.15, -0.1) is 0 Å². The molecule has 0 N–H and O–H groups in total. The first-order valence-corrected chi connectivity index (χ1v) is 5.51. The molecule has 2 fully saturated rings. The van der Waals surface area contributed by atoms with Gasteiger partial charge in [-0.25, -0.2) is 0 Å². The van der Waals surface area contributed by atoms with Crippen molar-refractivity contribution in [2.75, 3.05) is 0 Å². The number of carbonyl (C=O) groups is 2. The van der Waals surface area contributed by atoms with E-state index < -0.39 is 29.2 Å². The first-order chi connectivity index (χ1) is 6.82. The highest BCUT2D eigenvalue weighted by Crippen LogP contribution is 2.56. The van der Waals surface area contributed by atoms with Gasteiger partial charge in [0, 0.05) is 0 Å². The lowest BCUT2D eigenvalue weighted by atomic mass is 9.97. The molecule has 0 aromatic rings. The summed E-state index contributed by atoms with van der Waals surface area (Å²) < 4.78 is 36.8. The molecule has 2 aliphatic rings. The van der Waals surface area contributed by atoms with Crippen LogP contribution in [-0.2, 0) is 9.59 Å². The van der Waals surface area contributed by atoms with E-state index in [2.05, 4.69) is 0 Å². The largest absolute Gasteiger partial charge is 0.392 e. The summed E-state index contributed by atoms with van der Waals surface area (Å²) in [4.78, 5) is 22.8. The predicted octanol–water partition coefficient (Wildman–Crippen LogP) is 2.03. The maximum atomic E-state index is 12.3. The molecule has 0 amide bonds. The van der Waals surface area contributed by atoms with Crippen molar-refractivity contribution in [1.29, 1.82) is 0 Å². The molecular formula is C9H9F3O2S. The summed E-state index contributed by atoms with van der Waals surface area (Å²) in [6.45, 7) is 1.57. The highest BCUT2D eigenvalue weighted by Gasteiger charge is 2.62. The third kappa shape index (κ3) is 1.79. The molecule has 84 valence electrons. The molecule has 4 unspecified atom stereocenters. The molecule has 0 radical (unpaired) electrons. The van der Waals surface area contributed by atoms with E-state index in [1.54, 1.807) is 6.92 Å². The molecule has 4 atom stereocenters. The lowest BCUT2D eigenvalue weighted by molar-refractivity contribution is -0.153. The minimum atomic E-state index is -4.26. The number of thioether (sulfide) groups is 1. The highest BCUT2D eigenvalue weighted by atomic mass is 32.2. The van der Waals surface area contributed by atoms with Gasteiger partial charge in [0.15, 0.2) is 10.9 Å². The molecule has 0 spiro atoms. The molecule has 6 heteroatoms. The zero-order chi connectivity index (χ0) is 11.4. The standard InChI is InChI=1S/C9H9F3O2S/c1-3-7(13)6(8(14)15-3)4-2-5(4)9(10,11)12/h3-6H,2H2,1H3. The summed E-state index contributed by atoms with van der Waals surface area (Å²) in [5.41, 5.74) is 0. The normalized spacial score (nSPS) is 41.1. The smallest absolute Gasteiger partial charge is 0.298 e. The van der Waals surface area contributed by atoms with Crippen LogP contribution in [0.1, 0.15) is 13.3 Å². The van der Waals surface area contributed by atoms with E-state index in [0.29, 0.717) is 0 Å². The van der Waals surface area contributed by atoms with Gasteiger partial charge in [0.1, 0.15) is 0 Å². The first kappa shape index (κ1) is 11.0. The zero-order valence-electron chi connectivity index (χ0n) is 7.88. The number of rotatable bonds is 1. The summed E-state index contributed by atoms with van der Waals surface area (Å²) in [5.74, 6) is -3.57. The van der Waals surface area contributed by atoms with Crippen LogP contribution in [0, 0.1) is 17.8 Å². The van der Waals surface area contributed by atoms with E-state index >= 15 is 0 Å². The second-order valence-electron chi connectivity index (χ2n) is 4.01. The van der Waals surface area contributed by atoms with E-state index in [1.807, 2.05) is 0 Å². The summed E-state index contributed by atoms with van der Waals surface area (Å²) >= 11 is 0.862. The Hall–Kier alpha value is -0.520. The Bertz CT molecular complexity index is 326. The monoisotopic (exact) mass is 238 g/mol. The Labute approximate surface area is 88.6 Å². The minimum absolute atomic E-state index is 0.0705. The quantitative estimate of drug-likeness (QED) is 0.655. The van der Waals surface area contributed by atoms with Crippen molar-refractivity contribution in [2.24, 2.45) is 17.8 Å². The number of alkyl halides is 3. The molecular weight excluding hydrogens is 229 g/mol. The van der Waals surface area contributed by atoms with Gasteiger partial charge in [-0.1, -0.05) is 11.8 Å². The summed E-state index contributed by atoms with van der Waals surface area (Å²) in [6, 6.07) is 0. The molecule has 2 nitrogen and oxygen atoms in total. The van der Waals surface area contributed by atoms with Gasteiger partial charge in [0.25, 0.3) is 0 Å². The maximum absolute atomic E-state index is 12.3. The van der Waals surface area contributed by atoms with Gasteiger partial charge < -0.3 is 0 Å². The third-order valence-corrected chi connectivity index (χ3v) is 4.01. The minimum Gasteiger partial charge on any atom is -0.298 e. The predicted molar refractivity (Wildman–Crippen MR) is 48.2 cm³/mol. The van der Waals surface area contributed by atoms with Crippen molar-refractivity contribution < 1.29 is 22.8 Å². The lowest BCUT2D eigenvalue weighted by Crippen LogP contribution is -2.24. The summed E-state index contributed by atoms with van der Waals surface area (Å²) in [7, 11) is 0. The van der Waals surface area contributed by atoms with E-state index in [4.69, 9.17) is 0 Å². The Morgan fingerprint density at radius 1 is 1.33 bits per heavy atom. The highest BCUT2D eigenvalue weighted by molar-refractivity contribution is 8.15. The lowest BCUT2D eigenvalue weighted by Gasteiger charge is -2.08. The Balaban J connectivity index is 2.09. The SMILES string of the molecule is CC1SC(=O)C(C2CC2C(F)(F)F)C1=O. The summed E-state index contributed by atoms with van der Waals surface area (Å²) in [6.07, 6.45) is -4.33. The van der Waals surface area contributed by atoms with Crippen LogP contribution in [0.5, 0.6) is 0 Å². The van der Waals surface area contributed by atoms with Crippen LogP contribution in [0.15, 0.2) is 0 Å². The molecule has 0 aromatic heterocycles. The third-order valence-electron chi connectivity index (χ3n) is 2.94. The van der Waals surface area contributed by atoms with Crippen LogP contribution < -0.4 is 0 Å². The van der Waals surface area contributed by atoms with Gasteiger partial charge in [-0.2, -0.15) is 13.2 Å². The fourth-order valence-corrected chi connectivity index (χ4v) is 3.07. The number of hydrogen-bond donors (Lipinski definition) is 0. The Morgan fingerprint density at radius 2 is 1.93 bits per heavy atom. The fourth-order valence-electron chi connectivity index (χ4n) is 2.02. The van der Waals surface area contributed by atoms with Gasteiger partial charge in [-0.05, 0) is 19.3 Å². The Morgan fingerprint density at radius 3 is 2.27 bits per heavy atom. The van der Waals surface area contributed by atoms with Crippen LogP contribution in [-0.4, -0.2) is 22.3 Å². The second-order valence-corrected chi connectivity index (χ2v) is 5.35. The van der Waals surface area contributed by atoms with E-state index in [1.165, 1.54) is 0 Å². The van der Waals surface area contributed by atoms with Crippen molar-refractivity contribution in [2.45, 2.75) is 24.8 Å². The van der Waals surface area contributed by atoms with Crippen molar-refractivity contribution >= 4 is 22.7 Å². The van der Waals surface area contributed by atoms with E-state index in [9.17, 15) is 22.8 Å². The van der Waals surface area contributed by atoms with Gasteiger partial charge >= 0.3 is 6.18 Å². The van der Waals surface area contributed by atoms with Gasteiger partial charge in [0.2, 0.25) is 0 Å². The van der Waals surface area contributed by atoms with Gasteiger partial charge in [-0.3, -0.25) is 9.59 Å². The number of halogens is 3. The Kier molecular flexibility index (Phi) is 2.37. The average molecular weight is 238 g/mol. The molecule has 1 aliphatic carbocycles. The molecule has 1 saturated heterocycles. The molecule has 1 saturated carbocycles. The fraction of sp³-hybridized carbons (Fsp3) is 0.778. The van der Waals surface area contributed by atoms with Crippen LogP contribution in [0.3, 0.4) is 0 Å². The van der Waals surface area contributed by atoms with Crippen LogP contribution in [0.25, 0.3) is 0 Å². The molecule has 1 aliphatic heterocycles. The van der Waals surface area contributed by atoms with Gasteiger partial charge in [0.05, 0.1) is 17.1 Å². The van der Waals surface area contributed by atoms with Crippen molar-refractivity contribution in [1.82, 2.24) is 0 Å². The van der Waals surface area contributed by atoms with Crippen molar-refractivity contribution in [3.8, 4) is 0 Å². The average Bonchev–Trinajstić information content (AvgIpc) is 2.78. The van der Waals surface area contributed by atoms with Crippen LogP contribution in [0.4, 0.5) is 13.2 Å². The number of ketones is 1. The zero-order valence-corrected chi connectivity index (χ0v) is 8.69. The number of Topliss-reactive ketones (excluding diaryl/α,β-unsaturated/α-hetero) is 1. The summed E-state index contributed by atoms with van der Waals surface area (Å²) in [5, 5.41) is -0.860. The molecule has 2 rings (SSSR count). The topological polar surface area (TPSA) is 34.1 Å². The van der Waals surface area contributed by atoms with E-state index in [0.717, 1.165) is 11.8 Å². The molecule has 0 bridgehead atoms. The number of hydrogen-bond acceptors (Lipinski definition) is 3. The second kappa shape index (κ2) is 3.23. The molecule has 0 aromatic carbocycles. The number of carbonyl (C=O) groups excluding carboxylic acids is 2. The van der Waals surface area contributed by atoms with Crippen LogP contribution in [0.2, 0.25) is 0 Å².